The molecule has 0 bridgehead atoms. The predicted molar refractivity (Wildman–Crippen MR) is 72.5 cm³/mol. The summed E-state index contributed by atoms with van der Waals surface area (Å²) < 4.78 is 6.07. The molecule has 0 spiro atoms. The van der Waals surface area contributed by atoms with Gasteiger partial charge in [-0.1, -0.05) is 11.6 Å². The van der Waals surface area contributed by atoms with Gasteiger partial charge < -0.3 is 9.64 Å². The molecule has 1 amide bonds. The molecule has 1 rings (SSSR count). The lowest BCUT2D eigenvalue weighted by atomic mass is 10.3. The number of halogens is 2. The quantitative estimate of drug-likeness (QED) is 0.833. The van der Waals surface area contributed by atoms with Crippen LogP contribution in [0, 0.1) is 11.3 Å². The first-order valence-electron chi connectivity index (χ1n) is 5.23. The molecule has 18 heavy (non-hydrogen) atoms. The summed E-state index contributed by atoms with van der Waals surface area (Å²) in [6.07, 6.45) is 0.312. The standard InChI is InChI=1S/C12H12BrClN2O2/c1-16(6-2-5-15)12(17)8-18-11-4-3-9(14)7-10(11)13/h3-4,7H,2,6,8H2,1H3. The van der Waals surface area contributed by atoms with E-state index in [9.17, 15) is 4.79 Å². The first-order chi connectivity index (χ1) is 8.54. The first kappa shape index (κ1) is 14.8. The molecule has 0 N–H and O–H groups in total. The lowest BCUT2D eigenvalue weighted by molar-refractivity contribution is -0.132. The highest BCUT2D eigenvalue weighted by Gasteiger charge is 2.10. The Hall–Kier alpha value is -1.25. The van der Waals surface area contributed by atoms with Gasteiger partial charge in [0.25, 0.3) is 5.91 Å². The Bertz CT molecular complexity index is 474. The zero-order valence-electron chi connectivity index (χ0n) is 9.82. The number of nitriles is 1. The van der Waals surface area contributed by atoms with E-state index in [2.05, 4.69) is 15.9 Å². The lowest BCUT2D eigenvalue weighted by Gasteiger charge is -2.16. The van der Waals surface area contributed by atoms with Crippen molar-refractivity contribution in [3.8, 4) is 11.8 Å². The highest BCUT2D eigenvalue weighted by Crippen LogP contribution is 2.27. The molecule has 6 heteroatoms. The number of carbonyl (C=O) groups is 1. The topological polar surface area (TPSA) is 53.3 Å². The van der Waals surface area contributed by atoms with Gasteiger partial charge in [0.05, 0.1) is 17.0 Å². The lowest BCUT2D eigenvalue weighted by Crippen LogP contribution is -2.32. The SMILES string of the molecule is CN(CCC#N)C(=O)COc1ccc(Cl)cc1Br. The van der Waals surface area contributed by atoms with Gasteiger partial charge >= 0.3 is 0 Å². The molecule has 0 aliphatic carbocycles. The fourth-order valence-electron chi connectivity index (χ4n) is 1.18. The van der Waals surface area contributed by atoms with Crippen LogP contribution < -0.4 is 4.74 Å². The molecule has 1 aromatic rings. The molecule has 0 heterocycles. The Balaban J connectivity index is 2.50. The van der Waals surface area contributed by atoms with Crippen LogP contribution in [-0.2, 0) is 4.79 Å². The maximum absolute atomic E-state index is 11.7. The smallest absolute Gasteiger partial charge is 0.260 e. The molecule has 0 atom stereocenters. The van der Waals surface area contributed by atoms with Crippen LogP contribution in [0.2, 0.25) is 5.02 Å². The molecule has 0 aliphatic rings. The van der Waals surface area contributed by atoms with E-state index >= 15 is 0 Å². The Labute approximate surface area is 119 Å². The van der Waals surface area contributed by atoms with Crippen molar-refractivity contribution in [1.29, 1.82) is 5.26 Å². The number of likely N-dealkylation sites (N-methyl/N-ethyl adjacent to an activating group) is 1. The number of hydrogen-bond donors (Lipinski definition) is 0. The minimum atomic E-state index is -0.174. The van der Waals surface area contributed by atoms with Crippen LogP contribution in [0.3, 0.4) is 0 Å². The third-order valence-electron chi connectivity index (χ3n) is 2.23. The van der Waals surface area contributed by atoms with Gasteiger partial charge in [-0.05, 0) is 34.1 Å². The number of amides is 1. The molecule has 0 radical (unpaired) electrons. The molecular formula is C12H12BrClN2O2. The summed E-state index contributed by atoms with van der Waals surface area (Å²) in [5, 5.41) is 9.02. The fourth-order valence-corrected chi connectivity index (χ4v) is 1.98. The second kappa shape index (κ2) is 7.24. The Kier molecular flexibility index (Phi) is 5.96. The van der Waals surface area contributed by atoms with Crippen LogP contribution in [0.1, 0.15) is 6.42 Å². The van der Waals surface area contributed by atoms with E-state index in [1.807, 2.05) is 6.07 Å². The zero-order chi connectivity index (χ0) is 13.5. The summed E-state index contributed by atoms with van der Waals surface area (Å²) in [4.78, 5) is 13.1. The van der Waals surface area contributed by atoms with E-state index in [4.69, 9.17) is 21.6 Å². The summed E-state index contributed by atoms with van der Waals surface area (Å²) >= 11 is 9.09. The monoisotopic (exact) mass is 330 g/mol. The van der Waals surface area contributed by atoms with Crippen molar-refractivity contribution < 1.29 is 9.53 Å². The van der Waals surface area contributed by atoms with Gasteiger partial charge in [-0.2, -0.15) is 5.26 Å². The van der Waals surface area contributed by atoms with Gasteiger partial charge in [0.15, 0.2) is 6.61 Å². The molecule has 0 unspecified atom stereocenters. The summed E-state index contributed by atoms with van der Waals surface area (Å²) in [6, 6.07) is 7.06. The van der Waals surface area contributed by atoms with Crippen molar-refractivity contribution in [2.24, 2.45) is 0 Å². The van der Waals surface area contributed by atoms with Gasteiger partial charge in [0, 0.05) is 18.6 Å². The Morgan fingerprint density at radius 2 is 2.33 bits per heavy atom. The Morgan fingerprint density at radius 3 is 2.94 bits per heavy atom. The highest BCUT2D eigenvalue weighted by atomic mass is 79.9. The molecule has 96 valence electrons. The third kappa shape index (κ3) is 4.55. The average Bonchev–Trinajstić information content (AvgIpc) is 2.34. The molecule has 0 saturated heterocycles. The average molecular weight is 332 g/mol. The highest BCUT2D eigenvalue weighted by molar-refractivity contribution is 9.10. The van der Waals surface area contributed by atoms with E-state index in [1.54, 1.807) is 25.2 Å². The third-order valence-corrected chi connectivity index (χ3v) is 3.08. The largest absolute Gasteiger partial charge is 0.483 e. The summed E-state index contributed by atoms with van der Waals surface area (Å²) in [5.41, 5.74) is 0. The summed E-state index contributed by atoms with van der Waals surface area (Å²) in [5.74, 6) is 0.383. The molecule has 0 saturated carbocycles. The van der Waals surface area contributed by atoms with Crippen molar-refractivity contribution >= 4 is 33.4 Å². The number of nitrogens with zero attached hydrogens (tertiary/aromatic N) is 2. The molecular weight excluding hydrogens is 320 g/mol. The van der Waals surface area contributed by atoms with Gasteiger partial charge in [0.1, 0.15) is 5.75 Å². The van der Waals surface area contributed by atoms with Gasteiger partial charge in [-0.3, -0.25) is 4.79 Å². The minimum absolute atomic E-state index is 0.0673. The molecule has 0 aliphatic heterocycles. The van der Waals surface area contributed by atoms with E-state index in [0.29, 0.717) is 28.2 Å². The molecule has 1 aromatic carbocycles. The van der Waals surface area contributed by atoms with Crippen LogP contribution in [0.15, 0.2) is 22.7 Å². The van der Waals surface area contributed by atoms with Crippen LogP contribution in [0.5, 0.6) is 5.75 Å². The first-order valence-corrected chi connectivity index (χ1v) is 6.40. The zero-order valence-corrected chi connectivity index (χ0v) is 12.2. The fraction of sp³-hybridized carbons (Fsp3) is 0.333. The minimum Gasteiger partial charge on any atom is -0.483 e. The summed E-state index contributed by atoms with van der Waals surface area (Å²) in [6.45, 7) is 0.336. The van der Waals surface area contributed by atoms with E-state index < -0.39 is 0 Å². The van der Waals surface area contributed by atoms with Crippen molar-refractivity contribution in [1.82, 2.24) is 4.90 Å². The maximum Gasteiger partial charge on any atom is 0.260 e. The van der Waals surface area contributed by atoms with Crippen LogP contribution >= 0.6 is 27.5 Å². The normalized spacial score (nSPS) is 9.67. The second-order valence-corrected chi connectivity index (χ2v) is 4.88. The number of rotatable bonds is 5. The number of hydrogen-bond acceptors (Lipinski definition) is 3. The van der Waals surface area contributed by atoms with Crippen LogP contribution in [-0.4, -0.2) is 31.0 Å². The van der Waals surface area contributed by atoms with Crippen LogP contribution in [0.25, 0.3) is 0 Å². The van der Waals surface area contributed by atoms with Crippen molar-refractivity contribution in [2.75, 3.05) is 20.2 Å². The Morgan fingerprint density at radius 1 is 1.61 bits per heavy atom. The summed E-state index contributed by atoms with van der Waals surface area (Å²) in [7, 11) is 1.64. The molecule has 4 nitrogen and oxygen atoms in total. The van der Waals surface area contributed by atoms with Crippen molar-refractivity contribution in [2.45, 2.75) is 6.42 Å². The van der Waals surface area contributed by atoms with Gasteiger partial charge in [-0.25, -0.2) is 0 Å². The van der Waals surface area contributed by atoms with E-state index in [0.717, 1.165) is 0 Å². The number of benzene rings is 1. The molecule has 0 fully saturated rings. The molecule has 0 aromatic heterocycles. The number of carbonyl (C=O) groups excluding carboxylic acids is 1. The number of ether oxygens (including phenoxy) is 1. The maximum atomic E-state index is 11.7. The van der Waals surface area contributed by atoms with E-state index in [-0.39, 0.29) is 12.5 Å². The predicted octanol–water partition coefficient (Wildman–Crippen LogP) is 2.85. The van der Waals surface area contributed by atoms with Crippen LogP contribution in [0.4, 0.5) is 0 Å². The van der Waals surface area contributed by atoms with Crippen molar-refractivity contribution in [3.63, 3.8) is 0 Å². The second-order valence-electron chi connectivity index (χ2n) is 3.59. The van der Waals surface area contributed by atoms with Gasteiger partial charge in [-0.15, -0.1) is 0 Å². The van der Waals surface area contributed by atoms with Crippen molar-refractivity contribution in [3.05, 3.63) is 27.7 Å². The van der Waals surface area contributed by atoms with E-state index in [1.165, 1.54) is 4.90 Å². The van der Waals surface area contributed by atoms with Gasteiger partial charge in [0.2, 0.25) is 0 Å².